The van der Waals surface area contributed by atoms with Gasteiger partial charge >= 0.3 is 0 Å². The van der Waals surface area contributed by atoms with Gasteiger partial charge in [0.15, 0.2) is 25.4 Å². The van der Waals surface area contributed by atoms with Crippen molar-refractivity contribution in [2.45, 2.75) is 23.6 Å². The van der Waals surface area contributed by atoms with E-state index in [4.69, 9.17) is 4.74 Å². The number of ether oxygens (including phenoxy) is 1. The van der Waals surface area contributed by atoms with E-state index in [0.717, 1.165) is 0 Å². The molecule has 0 aliphatic carbocycles. The average molecular weight is 612 g/mol. The second kappa shape index (κ2) is 12.1. The fraction of sp³-hybridized carbons (Fsp3) is 0.214. The highest BCUT2D eigenvalue weighted by atomic mass is 32.2. The molecule has 0 fully saturated rings. The Morgan fingerprint density at radius 1 is 0.714 bits per heavy atom. The fourth-order valence-corrected chi connectivity index (χ4v) is 5.82. The van der Waals surface area contributed by atoms with Crippen molar-refractivity contribution in [3.05, 3.63) is 60.7 Å². The highest BCUT2D eigenvalue weighted by Crippen LogP contribution is 2.44. The first kappa shape index (κ1) is 30.4. The van der Waals surface area contributed by atoms with E-state index in [-0.39, 0.29) is 49.9 Å². The standard InChI is InChI=1S/C28H29N5O7S2/c1-5-41(36,37)17-7-13-25(34)23(15-17)31-30-22-12-9-19-20(28(22)35)10-11-21(29-3)27(19)33-32-24-16-18(42(38,39)6-2)8-14-26(24)40-4/h7-16,29,34-35H,5-6H2,1-4H3. The van der Waals surface area contributed by atoms with Crippen LogP contribution < -0.4 is 10.1 Å². The van der Waals surface area contributed by atoms with E-state index in [1.54, 1.807) is 32.2 Å². The first-order valence-electron chi connectivity index (χ1n) is 12.7. The number of phenols is 2. The Morgan fingerprint density at radius 3 is 1.90 bits per heavy atom. The van der Waals surface area contributed by atoms with Crippen LogP contribution in [0, 0.1) is 0 Å². The number of aromatic hydroxyl groups is 2. The highest BCUT2D eigenvalue weighted by molar-refractivity contribution is 7.91. The van der Waals surface area contributed by atoms with Crippen LogP contribution in [0.5, 0.6) is 17.2 Å². The van der Waals surface area contributed by atoms with Crippen molar-refractivity contribution >= 4 is 58.9 Å². The summed E-state index contributed by atoms with van der Waals surface area (Å²) in [7, 11) is -3.90. The van der Waals surface area contributed by atoms with Crippen molar-refractivity contribution in [1.82, 2.24) is 0 Å². The number of fused-ring (bicyclic) bond motifs is 1. The van der Waals surface area contributed by atoms with Crippen molar-refractivity contribution in [3.8, 4) is 17.2 Å². The number of rotatable bonds is 10. The number of azo groups is 2. The van der Waals surface area contributed by atoms with E-state index < -0.39 is 19.7 Å². The second-order valence-corrected chi connectivity index (χ2v) is 13.5. The molecule has 0 saturated carbocycles. The smallest absolute Gasteiger partial charge is 0.178 e. The lowest BCUT2D eigenvalue weighted by Gasteiger charge is -2.11. The maximum absolute atomic E-state index is 12.4. The van der Waals surface area contributed by atoms with Crippen LogP contribution in [0.3, 0.4) is 0 Å². The Morgan fingerprint density at radius 2 is 1.29 bits per heavy atom. The van der Waals surface area contributed by atoms with Crippen molar-refractivity contribution in [3.63, 3.8) is 0 Å². The van der Waals surface area contributed by atoms with Crippen LogP contribution in [0.4, 0.5) is 28.4 Å². The minimum absolute atomic E-state index is 0.0106. The van der Waals surface area contributed by atoms with Crippen LogP contribution in [0.2, 0.25) is 0 Å². The number of nitrogens with one attached hydrogen (secondary N) is 1. The first-order chi connectivity index (χ1) is 19.9. The molecule has 0 unspecified atom stereocenters. The number of sulfone groups is 2. The van der Waals surface area contributed by atoms with E-state index in [1.807, 2.05) is 0 Å². The predicted molar refractivity (Wildman–Crippen MR) is 160 cm³/mol. The molecule has 0 radical (unpaired) electrons. The normalized spacial score (nSPS) is 12.4. The Kier molecular flexibility index (Phi) is 8.78. The van der Waals surface area contributed by atoms with Gasteiger partial charge in [-0.2, -0.15) is 0 Å². The fourth-order valence-electron chi connectivity index (χ4n) is 4.02. The summed E-state index contributed by atoms with van der Waals surface area (Å²) in [6.45, 7) is 3.06. The SMILES string of the molecule is CCS(=O)(=O)c1ccc(O)c(N=Nc2ccc3c(N=Nc4cc(S(=O)(=O)CC)ccc4OC)c(NC)ccc3c2O)c1. The van der Waals surface area contributed by atoms with E-state index in [9.17, 15) is 27.0 Å². The van der Waals surface area contributed by atoms with Gasteiger partial charge in [-0.3, -0.25) is 0 Å². The topological polar surface area (TPSA) is 179 Å². The first-order valence-corrected chi connectivity index (χ1v) is 16.0. The maximum Gasteiger partial charge on any atom is 0.178 e. The molecule has 0 aliphatic heterocycles. The number of methoxy groups -OCH3 is 1. The molecule has 0 spiro atoms. The highest BCUT2D eigenvalue weighted by Gasteiger charge is 2.17. The van der Waals surface area contributed by atoms with E-state index in [2.05, 4.69) is 25.8 Å². The van der Waals surface area contributed by atoms with Crippen molar-refractivity contribution in [2.24, 2.45) is 20.5 Å². The molecule has 4 rings (SSSR count). The van der Waals surface area contributed by atoms with Crippen LogP contribution in [0.1, 0.15) is 13.8 Å². The Labute approximate surface area is 243 Å². The third kappa shape index (κ3) is 6.04. The van der Waals surface area contributed by atoms with E-state index in [1.165, 1.54) is 56.5 Å². The van der Waals surface area contributed by atoms with Gasteiger partial charge in [-0.25, -0.2) is 16.8 Å². The third-order valence-corrected chi connectivity index (χ3v) is 9.96. The lowest BCUT2D eigenvalue weighted by molar-refractivity contribution is 0.415. The molecule has 0 bridgehead atoms. The van der Waals surface area contributed by atoms with Gasteiger partial charge in [0.1, 0.15) is 34.2 Å². The zero-order chi connectivity index (χ0) is 30.7. The molecular weight excluding hydrogens is 582 g/mol. The molecule has 14 heteroatoms. The summed E-state index contributed by atoms with van der Waals surface area (Å²) in [6, 6.07) is 14.5. The quantitative estimate of drug-likeness (QED) is 0.165. The molecular formula is C28H29N5O7S2. The molecule has 12 nitrogen and oxygen atoms in total. The summed E-state index contributed by atoms with van der Waals surface area (Å²) in [5, 5.41) is 41.8. The molecule has 0 aromatic heterocycles. The molecule has 0 amide bonds. The van der Waals surface area contributed by atoms with Crippen LogP contribution >= 0.6 is 0 Å². The molecule has 4 aromatic rings. The molecule has 3 N–H and O–H groups in total. The molecule has 0 heterocycles. The van der Waals surface area contributed by atoms with Crippen molar-refractivity contribution in [2.75, 3.05) is 31.0 Å². The van der Waals surface area contributed by atoms with Gasteiger partial charge in [-0.1, -0.05) is 13.8 Å². The number of benzene rings is 4. The zero-order valence-corrected chi connectivity index (χ0v) is 24.9. The van der Waals surface area contributed by atoms with Crippen LogP contribution in [0.25, 0.3) is 10.8 Å². The molecule has 220 valence electrons. The number of hydrogen-bond donors (Lipinski definition) is 3. The van der Waals surface area contributed by atoms with Crippen LogP contribution in [-0.4, -0.2) is 52.7 Å². The monoisotopic (exact) mass is 611 g/mol. The minimum atomic E-state index is -3.54. The van der Waals surface area contributed by atoms with Crippen molar-refractivity contribution in [1.29, 1.82) is 0 Å². The summed E-state index contributed by atoms with van der Waals surface area (Å²) in [5.74, 6) is -0.387. The average Bonchev–Trinajstić information content (AvgIpc) is 2.99. The van der Waals surface area contributed by atoms with Gasteiger partial charge in [-0.15, -0.1) is 20.5 Å². The molecule has 0 aliphatic rings. The number of hydrogen-bond acceptors (Lipinski definition) is 12. The lowest BCUT2D eigenvalue weighted by Crippen LogP contribution is -2.03. The Hall–Kier alpha value is -4.56. The summed E-state index contributed by atoms with van der Waals surface area (Å²) in [6.07, 6.45) is 0. The lowest BCUT2D eigenvalue weighted by atomic mass is 10.1. The van der Waals surface area contributed by atoms with Gasteiger partial charge in [-0.05, 0) is 60.7 Å². The van der Waals surface area contributed by atoms with Gasteiger partial charge in [0.05, 0.1) is 34.1 Å². The molecule has 0 saturated heterocycles. The molecule has 0 atom stereocenters. The van der Waals surface area contributed by atoms with E-state index in [0.29, 0.717) is 27.9 Å². The summed E-state index contributed by atoms with van der Waals surface area (Å²) in [4.78, 5) is 0.0755. The van der Waals surface area contributed by atoms with Gasteiger partial charge in [0.2, 0.25) is 0 Å². The second-order valence-electron chi connectivity index (χ2n) is 8.93. The minimum Gasteiger partial charge on any atom is -0.506 e. The summed E-state index contributed by atoms with van der Waals surface area (Å²) < 4.78 is 54.6. The molecule has 4 aromatic carbocycles. The predicted octanol–water partition coefficient (Wildman–Crippen LogP) is 6.72. The van der Waals surface area contributed by atoms with Crippen LogP contribution in [0.15, 0.2) is 90.9 Å². The maximum atomic E-state index is 12.4. The third-order valence-electron chi connectivity index (χ3n) is 6.49. The number of anilines is 1. The van der Waals surface area contributed by atoms with Gasteiger partial charge in [0.25, 0.3) is 0 Å². The van der Waals surface area contributed by atoms with E-state index >= 15 is 0 Å². The number of phenolic OH excluding ortho intramolecular Hbond substituents is 2. The Bertz CT molecular complexity index is 1940. The summed E-state index contributed by atoms with van der Waals surface area (Å²) in [5.41, 5.74) is 1.12. The van der Waals surface area contributed by atoms with Crippen LogP contribution in [-0.2, 0) is 19.7 Å². The summed E-state index contributed by atoms with van der Waals surface area (Å²) >= 11 is 0. The number of nitrogens with zero attached hydrogens (tertiary/aromatic N) is 4. The molecule has 42 heavy (non-hydrogen) atoms. The zero-order valence-electron chi connectivity index (χ0n) is 23.2. The van der Waals surface area contributed by atoms with Gasteiger partial charge < -0.3 is 20.3 Å². The van der Waals surface area contributed by atoms with Gasteiger partial charge in [0, 0.05) is 17.8 Å². The Balaban J connectivity index is 1.78. The largest absolute Gasteiger partial charge is 0.506 e. The van der Waals surface area contributed by atoms with Crippen molar-refractivity contribution < 1.29 is 31.8 Å².